The van der Waals surface area contributed by atoms with Gasteiger partial charge in [0.05, 0.1) is 12.0 Å². The van der Waals surface area contributed by atoms with Gasteiger partial charge in [0.15, 0.2) is 17.5 Å². The number of carboxylic acid groups (broad SMARTS) is 1. The number of hydrogen-bond donors (Lipinski definition) is 2. The summed E-state index contributed by atoms with van der Waals surface area (Å²) < 4.78 is 35.1. The second-order valence-electron chi connectivity index (χ2n) is 7.33. The van der Waals surface area contributed by atoms with Gasteiger partial charge in [-0.05, 0) is 48.7 Å². The van der Waals surface area contributed by atoms with Gasteiger partial charge in [0.1, 0.15) is 5.15 Å². The monoisotopic (exact) mass is 497 g/mol. The lowest BCUT2D eigenvalue weighted by molar-refractivity contribution is -0.286. The summed E-state index contributed by atoms with van der Waals surface area (Å²) in [5.41, 5.74) is 1.00. The third-order valence-corrected chi connectivity index (χ3v) is 5.40. The number of aliphatic carboxylic acids is 1. The Labute approximate surface area is 198 Å². The first kappa shape index (κ1) is 25.2. The maximum absolute atomic E-state index is 13.2. The summed E-state index contributed by atoms with van der Waals surface area (Å²) in [6, 6.07) is 4.07. The molecule has 2 aromatic rings. The average molecular weight is 498 g/mol. The number of aromatic nitrogens is 1. The predicted molar refractivity (Wildman–Crippen MR) is 116 cm³/mol. The van der Waals surface area contributed by atoms with Crippen LogP contribution in [0.4, 0.5) is 13.6 Å². The van der Waals surface area contributed by atoms with E-state index in [1.165, 1.54) is 30.5 Å². The Bertz CT molecular complexity index is 1120. The van der Waals surface area contributed by atoms with Crippen LogP contribution in [-0.4, -0.2) is 45.2 Å². The van der Waals surface area contributed by atoms with Crippen LogP contribution in [0.15, 0.2) is 36.5 Å². The van der Waals surface area contributed by atoms with E-state index in [4.69, 9.17) is 11.6 Å². The van der Waals surface area contributed by atoms with E-state index in [0.29, 0.717) is 16.0 Å². The van der Waals surface area contributed by atoms with Crippen LogP contribution in [0, 0.1) is 5.92 Å². The van der Waals surface area contributed by atoms with Crippen molar-refractivity contribution in [2.75, 3.05) is 0 Å². The fraction of sp³-hybridized carbons (Fsp3) is 0.364. The molecule has 1 aromatic heterocycles. The molecule has 3 amide bonds. The highest BCUT2D eigenvalue weighted by molar-refractivity contribution is 6.29. The second-order valence-corrected chi connectivity index (χ2v) is 7.72. The zero-order valence-corrected chi connectivity index (χ0v) is 19.2. The molecule has 182 valence electrons. The number of ether oxygens (including phenoxy) is 2. The number of benzene rings is 1. The number of alkyl halides is 2. The third-order valence-electron chi connectivity index (χ3n) is 5.20. The van der Waals surface area contributed by atoms with E-state index < -0.39 is 42.2 Å². The van der Waals surface area contributed by atoms with Crippen molar-refractivity contribution in [3.05, 3.63) is 52.8 Å². The number of nitrogens with zero attached hydrogens (tertiary/aromatic N) is 2. The van der Waals surface area contributed by atoms with Crippen molar-refractivity contribution < 1.29 is 37.7 Å². The lowest BCUT2D eigenvalue weighted by Gasteiger charge is -2.43. The number of likely N-dealkylation sites (tertiary alicyclic amines) is 1. The summed E-state index contributed by atoms with van der Waals surface area (Å²) in [4.78, 5) is 41.4. The second kappa shape index (κ2) is 9.80. The molecule has 2 aliphatic heterocycles. The highest BCUT2D eigenvalue weighted by atomic mass is 35.5. The number of nitrogens with one attached hydrogen (secondary N) is 1. The van der Waals surface area contributed by atoms with Crippen LogP contribution in [0.1, 0.15) is 37.9 Å². The van der Waals surface area contributed by atoms with Gasteiger partial charge in [-0.25, -0.2) is 19.5 Å². The van der Waals surface area contributed by atoms with E-state index in [2.05, 4.69) is 19.8 Å². The summed E-state index contributed by atoms with van der Waals surface area (Å²) in [6.45, 7) is 5.55. The zero-order chi connectivity index (χ0) is 25.2. The van der Waals surface area contributed by atoms with Crippen LogP contribution in [0.2, 0.25) is 5.15 Å². The topological polar surface area (TPSA) is 118 Å². The van der Waals surface area contributed by atoms with Crippen LogP contribution >= 0.6 is 11.6 Å². The molecule has 0 radical (unpaired) electrons. The molecule has 0 aliphatic carbocycles. The number of carbonyl (C=O) groups is 3. The number of β-lactam (4-membered cyclic amide) rings is 1. The average Bonchev–Trinajstić information content (AvgIpc) is 3.09. The van der Waals surface area contributed by atoms with E-state index in [1.807, 2.05) is 13.8 Å². The van der Waals surface area contributed by atoms with E-state index >= 15 is 0 Å². The van der Waals surface area contributed by atoms with Gasteiger partial charge in [0.25, 0.3) is 0 Å². The Balaban J connectivity index is 0.00000158. The number of hydrogen-bond acceptors (Lipinski definition) is 6. The van der Waals surface area contributed by atoms with Crippen molar-refractivity contribution in [2.24, 2.45) is 5.92 Å². The first-order chi connectivity index (χ1) is 16.1. The van der Waals surface area contributed by atoms with Gasteiger partial charge in [-0.15, -0.1) is 8.78 Å². The van der Waals surface area contributed by atoms with Gasteiger partial charge >= 0.3 is 18.3 Å². The van der Waals surface area contributed by atoms with Crippen molar-refractivity contribution in [3.8, 4) is 11.5 Å². The van der Waals surface area contributed by atoms with Gasteiger partial charge < -0.3 is 19.9 Å². The van der Waals surface area contributed by atoms with E-state index in [-0.39, 0.29) is 23.1 Å². The van der Waals surface area contributed by atoms with Crippen molar-refractivity contribution in [2.45, 2.75) is 45.6 Å². The van der Waals surface area contributed by atoms with Crippen LogP contribution < -0.4 is 14.8 Å². The molecule has 0 spiro atoms. The minimum Gasteiger partial charge on any atom is -0.480 e. The number of halogens is 3. The molecule has 0 bridgehead atoms. The van der Waals surface area contributed by atoms with Crippen molar-refractivity contribution in [3.63, 3.8) is 0 Å². The normalized spacial score (nSPS) is 20.5. The molecule has 1 fully saturated rings. The molecule has 12 heteroatoms. The molecule has 0 saturated carbocycles. The van der Waals surface area contributed by atoms with Crippen LogP contribution in [0.25, 0.3) is 0 Å². The lowest BCUT2D eigenvalue weighted by atomic mass is 9.82. The van der Waals surface area contributed by atoms with Gasteiger partial charge in [-0.2, -0.15) is 0 Å². The largest absolute Gasteiger partial charge is 0.586 e. The standard InChI is InChI=1S/C20H16ClF2N3O6.C2H6/c1-9(11-2-3-13-14(8-11)32-20(22,23)31-13)25-19(30)26-16(18(28)29)12(17(26)27)6-10-4-5-24-15(21)7-10;1-2/h2-5,7-9,12,16H,6H2,1H3,(H,25,30)(H,28,29);1-2H3/t9?,12-,16?;/m1./s1. The number of fused-ring (bicyclic) bond motifs is 1. The third kappa shape index (κ3) is 5.04. The van der Waals surface area contributed by atoms with Gasteiger partial charge in [-0.1, -0.05) is 31.5 Å². The number of carbonyl (C=O) groups excluding carboxylic acids is 2. The minimum atomic E-state index is -3.78. The Morgan fingerprint density at radius 3 is 2.56 bits per heavy atom. The number of pyridine rings is 1. The van der Waals surface area contributed by atoms with Crippen molar-refractivity contribution >= 4 is 29.5 Å². The number of amides is 3. The molecule has 1 aromatic carbocycles. The molecule has 9 nitrogen and oxygen atoms in total. The minimum absolute atomic E-state index is 0.0771. The van der Waals surface area contributed by atoms with Gasteiger partial charge in [0, 0.05) is 6.20 Å². The van der Waals surface area contributed by atoms with Crippen LogP contribution in [-0.2, 0) is 16.0 Å². The summed E-state index contributed by atoms with van der Waals surface area (Å²) in [5.74, 6) is -3.28. The number of rotatable bonds is 5. The number of carboxylic acids is 1. The molecular formula is C22H22ClF2N3O6. The zero-order valence-electron chi connectivity index (χ0n) is 18.4. The number of imide groups is 1. The van der Waals surface area contributed by atoms with E-state index in [0.717, 1.165) is 0 Å². The molecule has 2 aliphatic rings. The first-order valence-corrected chi connectivity index (χ1v) is 10.8. The number of urea groups is 1. The highest BCUT2D eigenvalue weighted by Gasteiger charge is 2.54. The molecule has 1 saturated heterocycles. The smallest absolute Gasteiger partial charge is 0.480 e. The Kier molecular flexibility index (Phi) is 7.25. The van der Waals surface area contributed by atoms with Gasteiger partial charge in [0.2, 0.25) is 5.91 Å². The summed E-state index contributed by atoms with van der Waals surface area (Å²) in [5, 5.41) is 12.3. The first-order valence-electron chi connectivity index (χ1n) is 10.4. The molecule has 4 rings (SSSR count). The van der Waals surface area contributed by atoms with Gasteiger partial charge in [-0.3, -0.25) is 4.79 Å². The van der Waals surface area contributed by atoms with Crippen LogP contribution in [0.3, 0.4) is 0 Å². The van der Waals surface area contributed by atoms with Crippen LogP contribution in [0.5, 0.6) is 11.5 Å². The quantitative estimate of drug-likeness (QED) is 0.473. The fourth-order valence-electron chi connectivity index (χ4n) is 3.65. The fourth-order valence-corrected chi connectivity index (χ4v) is 3.85. The Morgan fingerprint density at radius 1 is 1.24 bits per heavy atom. The SMILES string of the molecule is CC.CC(NC(=O)N1C(=O)[C@H](Cc2ccnc(Cl)c2)C1C(=O)O)c1ccc2c(c1)OC(F)(F)O2. The lowest BCUT2D eigenvalue weighted by Crippen LogP contribution is -2.68. The highest BCUT2D eigenvalue weighted by Crippen LogP contribution is 2.42. The van der Waals surface area contributed by atoms with Crippen molar-refractivity contribution in [1.82, 2.24) is 15.2 Å². The van der Waals surface area contributed by atoms with Crippen molar-refractivity contribution in [1.29, 1.82) is 0 Å². The molecule has 3 heterocycles. The molecule has 2 N–H and O–H groups in total. The molecule has 2 unspecified atom stereocenters. The van der Waals surface area contributed by atoms with E-state index in [9.17, 15) is 28.3 Å². The summed E-state index contributed by atoms with van der Waals surface area (Å²) >= 11 is 5.83. The molecule has 34 heavy (non-hydrogen) atoms. The summed E-state index contributed by atoms with van der Waals surface area (Å²) in [7, 11) is 0. The maximum atomic E-state index is 13.2. The molecular weight excluding hydrogens is 476 g/mol. The summed E-state index contributed by atoms with van der Waals surface area (Å²) in [6.07, 6.45) is -2.27. The maximum Gasteiger partial charge on any atom is 0.586 e. The Morgan fingerprint density at radius 2 is 1.91 bits per heavy atom. The Hall–Kier alpha value is -3.47. The molecule has 3 atom stereocenters. The van der Waals surface area contributed by atoms with E-state index in [1.54, 1.807) is 13.0 Å². The predicted octanol–water partition coefficient (Wildman–Crippen LogP) is 4.01.